The fourth-order valence-electron chi connectivity index (χ4n) is 2.64. The molecule has 1 aromatic heterocycles. The van der Waals surface area contributed by atoms with Crippen molar-refractivity contribution in [3.05, 3.63) is 35.2 Å². The van der Waals surface area contributed by atoms with E-state index >= 15 is 0 Å². The van der Waals surface area contributed by atoms with Crippen molar-refractivity contribution in [2.45, 2.75) is 26.8 Å². The molecule has 0 saturated carbocycles. The van der Waals surface area contributed by atoms with Gasteiger partial charge in [0.25, 0.3) is 0 Å². The van der Waals surface area contributed by atoms with Crippen LogP contribution in [-0.2, 0) is 13.6 Å². The van der Waals surface area contributed by atoms with Crippen LogP contribution in [0.25, 0.3) is 0 Å². The number of anilines is 1. The molecular formula is C17H23N5O2. The van der Waals surface area contributed by atoms with E-state index in [-0.39, 0.29) is 0 Å². The first-order valence-electron chi connectivity index (χ1n) is 8.00. The molecule has 0 saturated heterocycles. The maximum atomic E-state index is 6.01. The van der Waals surface area contributed by atoms with Crippen LogP contribution in [0.2, 0.25) is 0 Å². The molecule has 2 aromatic rings. The lowest BCUT2D eigenvalue weighted by molar-refractivity contribution is 0.297. The Hall–Kier alpha value is -2.70. The zero-order valence-electron chi connectivity index (χ0n) is 14.3. The minimum Gasteiger partial charge on any atom is -0.490 e. The summed E-state index contributed by atoms with van der Waals surface area (Å²) in [5, 5.41) is 7.48. The number of nitrogens with two attached hydrogens (primary N) is 1. The van der Waals surface area contributed by atoms with E-state index in [1.807, 2.05) is 43.8 Å². The van der Waals surface area contributed by atoms with Crippen molar-refractivity contribution in [1.29, 1.82) is 0 Å². The van der Waals surface area contributed by atoms with Gasteiger partial charge in [0.05, 0.1) is 25.5 Å². The van der Waals surface area contributed by atoms with Gasteiger partial charge >= 0.3 is 0 Å². The predicted molar refractivity (Wildman–Crippen MR) is 93.7 cm³/mol. The SMILES string of the molecule is Cc1nn(C)c(C)c1CN=C(N)Nc1ccc2c(c1)OCCCO2. The minimum atomic E-state index is 0.354. The molecule has 0 spiro atoms. The topological polar surface area (TPSA) is 86.7 Å². The highest BCUT2D eigenvalue weighted by atomic mass is 16.5. The molecule has 0 fully saturated rings. The summed E-state index contributed by atoms with van der Waals surface area (Å²) in [4.78, 5) is 4.41. The Balaban J connectivity index is 1.70. The molecular weight excluding hydrogens is 306 g/mol. The second kappa shape index (κ2) is 6.82. The largest absolute Gasteiger partial charge is 0.490 e. The lowest BCUT2D eigenvalue weighted by atomic mass is 10.2. The summed E-state index contributed by atoms with van der Waals surface area (Å²) in [6.07, 6.45) is 0.880. The van der Waals surface area contributed by atoms with Crippen LogP contribution in [0.5, 0.6) is 11.5 Å². The van der Waals surface area contributed by atoms with Gasteiger partial charge in [-0.05, 0) is 26.0 Å². The average molecular weight is 329 g/mol. The van der Waals surface area contributed by atoms with Crippen molar-refractivity contribution in [2.24, 2.45) is 17.8 Å². The molecule has 0 unspecified atom stereocenters. The Bertz CT molecular complexity index is 767. The number of nitrogens with zero attached hydrogens (tertiary/aromatic N) is 3. The molecule has 2 heterocycles. The van der Waals surface area contributed by atoms with Gasteiger partial charge in [0, 0.05) is 36.5 Å². The van der Waals surface area contributed by atoms with Crippen molar-refractivity contribution >= 4 is 11.6 Å². The number of fused-ring (bicyclic) bond motifs is 1. The molecule has 3 rings (SSSR count). The Morgan fingerprint density at radius 1 is 1.29 bits per heavy atom. The summed E-state index contributed by atoms with van der Waals surface area (Å²) in [5.74, 6) is 1.84. The predicted octanol–water partition coefficient (Wildman–Crippen LogP) is 2.13. The Morgan fingerprint density at radius 3 is 2.75 bits per heavy atom. The second-order valence-corrected chi connectivity index (χ2v) is 5.81. The standard InChI is InChI=1S/C17H23N5O2/c1-11-14(12(2)22(3)21-11)10-19-17(18)20-13-5-6-15-16(9-13)24-8-4-7-23-15/h5-6,9H,4,7-8,10H2,1-3H3,(H3,18,19,20). The number of ether oxygens (including phenoxy) is 2. The second-order valence-electron chi connectivity index (χ2n) is 5.81. The van der Waals surface area contributed by atoms with Gasteiger partial charge in [-0.2, -0.15) is 5.10 Å². The van der Waals surface area contributed by atoms with Gasteiger partial charge in [-0.25, -0.2) is 4.99 Å². The highest BCUT2D eigenvalue weighted by molar-refractivity contribution is 5.92. The van der Waals surface area contributed by atoms with Crippen LogP contribution >= 0.6 is 0 Å². The van der Waals surface area contributed by atoms with Crippen molar-refractivity contribution in [1.82, 2.24) is 9.78 Å². The van der Waals surface area contributed by atoms with Gasteiger partial charge in [0.15, 0.2) is 17.5 Å². The molecule has 1 aliphatic rings. The monoisotopic (exact) mass is 329 g/mol. The quantitative estimate of drug-likeness (QED) is 0.665. The molecule has 7 heteroatoms. The normalized spacial score (nSPS) is 14.4. The van der Waals surface area contributed by atoms with E-state index < -0.39 is 0 Å². The Kier molecular flexibility index (Phi) is 4.59. The number of hydrogen-bond donors (Lipinski definition) is 2. The van der Waals surface area contributed by atoms with Crippen LogP contribution in [0, 0.1) is 13.8 Å². The number of guanidine groups is 1. The fourth-order valence-corrected chi connectivity index (χ4v) is 2.64. The Morgan fingerprint density at radius 2 is 2.04 bits per heavy atom. The van der Waals surface area contributed by atoms with E-state index in [0.29, 0.717) is 25.7 Å². The summed E-state index contributed by atoms with van der Waals surface area (Å²) < 4.78 is 13.2. The van der Waals surface area contributed by atoms with Crippen molar-refractivity contribution in [3.8, 4) is 11.5 Å². The molecule has 0 aliphatic carbocycles. The highest BCUT2D eigenvalue weighted by Crippen LogP contribution is 2.32. The van der Waals surface area contributed by atoms with E-state index in [9.17, 15) is 0 Å². The number of aliphatic imine (C=N–C) groups is 1. The van der Waals surface area contributed by atoms with Crippen molar-refractivity contribution < 1.29 is 9.47 Å². The van der Waals surface area contributed by atoms with E-state index in [0.717, 1.165) is 40.6 Å². The molecule has 128 valence electrons. The third kappa shape index (κ3) is 3.45. The third-order valence-electron chi connectivity index (χ3n) is 4.09. The molecule has 1 aliphatic heterocycles. The zero-order chi connectivity index (χ0) is 17.1. The van der Waals surface area contributed by atoms with Crippen LogP contribution in [-0.4, -0.2) is 29.0 Å². The first-order chi connectivity index (χ1) is 11.5. The number of aryl methyl sites for hydroxylation is 2. The van der Waals surface area contributed by atoms with Crippen LogP contribution in [0.1, 0.15) is 23.4 Å². The van der Waals surface area contributed by atoms with E-state index in [1.54, 1.807) is 0 Å². The number of aromatic nitrogens is 2. The average Bonchev–Trinajstić information content (AvgIpc) is 2.72. The molecule has 7 nitrogen and oxygen atoms in total. The fraction of sp³-hybridized carbons (Fsp3) is 0.412. The summed E-state index contributed by atoms with van der Waals surface area (Å²) in [5.41, 5.74) is 10.00. The first-order valence-corrected chi connectivity index (χ1v) is 8.00. The molecule has 3 N–H and O–H groups in total. The van der Waals surface area contributed by atoms with Crippen LogP contribution in [0.4, 0.5) is 5.69 Å². The van der Waals surface area contributed by atoms with E-state index in [4.69, 9.17) is 15.2 Å². The van der Waals surface area contributed by atoms with Crippen LogP contribution in [0.15, 0.2) is 23.2 Å². The maximum absolute atomic E-state index is 6.01. The molecule has 0 atom stereocenters. The first kappa shape index (κ1) is 16.2. The van der Waals surface area contributed by atoms with Crippen molar-refractivity contribution in [3.63, 3.8) is 0 Å². The van der Waals surface area contributed by atoms with Crippen molar-refractivity contribution in [2.75, 3.05) is 18.5 Å². The summed E-state index contributed by atoms with van der Waals surface area (Å²) in [7, 11) is 1.93. The van der Waals surface area contributed by atoms with Gasteiger partial charge in [-0.15, -0.1) is 0 Å². The minimum absolute atomic E-state index is 0.354. The molecule has 24 heavy (non-hydrogen) atoms. The molecule has 1 aromatic carbocycles. The lowest BCUT2D eigenvalue weighted by Crippen LogP contribution is -2.22. The summed E-state index contributed by atoms with van der Waals surface area (Å²) >= 11 is 0. The highest BCUT2D eigenvalue weighted by Gasteiger charge is 2.11. The summed E-state index contributed by atoms with van der Waals surface area (Å²) in [6, 6.07) is 5.66. The Labute approximate surface area is 141 Å². The smallest absolute Gasteiger partial charge is 0.193 e. The van der Waals surface area contributed by atoms with Gasteiger partial charge in [-0.1, -0.05) is 0 Å². The van der Waals surface area contributed by atoms with Gasteiger partial charge in [0.2, 0.25) is 0 Å². The number of hydrogen-bond acceptors (Lipinski definition) is 4. The van der Waals surface area contributed by atoms with Gasteiger partial charge in [0.1, 0.15) is 0 Å². The van der Waals surface area contributed by atoms with E-state index in [2.05, 4.69) is 15.4 Å². The zero-order valence-corrected chi connectivity index (χ0v) is 14.3. The molecule has 0 radical (unpaired) electrons. The van der Waals surface area contributed by atoms with E-state index in [1.165, 1.54) is 0 Å². The number of rotatable bonds is 3. The molecule has 0 amide bonds. The van der Waals surface area contributed by atoms with Gasteiger partial charge < -0.3 is 20.5 Å². The lowest BCUT2D eigenvalue weighted by Gasteiger charge is -2.10. The third-order valence-corrected chi connectivity index (χ3v) is 4.09. The number of benzene rings is 1. The maximum Gasteiger partial charge on any atom is 0.193 e. The van der Waals surface area contributed by atoms with Crippen LogP contribution < -0.4 is 20.5 Å². The van der Waals surface area contributed by atoms with Crippen LogP contribution in [0.3, 0.4) is 0 Å². The summed E-state index contributed by atoms with van der Waals surface area (Å²) in [6.45, 7) is 5.82. The molecule has 0 bridgehead atoms. The van der Waals surface area contributed by atoms with Gasteiger partial charge in [-0.3, -0.25) is 4.68 Å². The number of nitrogens with one attached hydrogen (secondary N) is 1.